The van der Waals surface area contributed by atoms with E-state index in [9.17, 15) is 0 Å². The third kappa shape index (κ3) is 4.86. The van der Waals surface area contributed by atoms with Crippen LogP contribution in [-0.2, 0) is 0 Å². The maximum atomic E-state index is 5.86. The number of hydrogen-bond donors (Lipinski definition) is 0. The van der Waals surface area contributed by atoms with Crippen molar-refractivity contribution in [2.45, 2.75) is 39.0 Å². The number of unbranched alkanes of at least 4 members (excludes halogenated alkanes) is 4. The number of fused-ring (bicyclic) bond motifs is 1. The van der Waals surface area contributed by atoms with Crippen molar-refractivity contribution in [3.8, 4) is 28.3 Å². The Labute approximate surface area is 172 Å². The average molecular weight is 386 g/mol. The zero-order chi connectivity index (χ0) is 19.9. The molecule has 0 aliphatic heterocycles. The zero-order valence-electron chi connectivity index (χ0n) is 16.9. The molecule has 1 aromatic heterocycles. The van der Waals surface area contributed by atoms with Gasteiger partial charge in [-0.05, 0) is 53.9 Å². The molecule has 0 atom stereocenters. The quantitative estimate of drug-likeness (QED) is 0.280. The normalized spacial score (nSPS) is 11.1. The summed E-state index contributed by atoms with van der Waals surface area (Å²) in [5, 5.41) is 0. The van der Waals surface area contributed by atoms with Crippen LogP contribution in [0.4, 0.5) is 0 Å². The van der Waals surface area contributed by atoms with Gasteiger partial charge < -0.3 is 9.15 Å². The van der Waals surface area contributed by atoms with Gasteiger partial charge in [-0.25, -0.2) is 4.98 Å². The first kappa shape index (κ1) is 19.3. The number of nitrogens with zero attached hydrogens (tertiary/aromatic N) is 1. The van der Waals surface area contributed by atoms with Crippen LogP contribution in [0.25, 0.3) is 33.7 Å². The molecule has 4 rings (SSSR count). The Kier molecular flexibility index (Phi) is 6.25. The van der Waals surface area contributed by atoms with E-state index in [0.29, 0.717) is 5.89 Å². The summed E-state index contributed by atoms with van der Waals surface area (Å²) >= 11 is 0. The first-order valence-electron chi connectivity index (χ1n) is 10.5. The van der Waals surface area contributed by atoms with E-state index in [1.165, 1.54) is 31.2 Å². The highest BCUT2D eigenvalue weighted by Gasteiger charge is 2.08. The van der Waals surface area contributed by atoms with E-state index in [0.717, 1.165) is 41.0 Å². The Morgan fingerprint density at radius 3 is 2.10 bits per heavy atom. The van der Waals surface area contributed by atoms with Gasteiger partial charge in [-0.2, -0.15) is 0 Å². The van der Waals surface area contributed by atoms with Crippen molar-refractivity contribution in [2.24, 2.45) is 0 Å². The number of para-hydroxylation sites is 2. The van der Waals surface area contributed by atoms with Gasteiger partial charge in [0.25, 0.3) is 0 Å². The average Bonchev–Trinajstić information content (AvgIpc) is 3.21. The van der Waals surface area contributed by atoms with Gasteiger partial charge in [0.05, 0.1) is 6.61 Å². The summed E-state index contributed by atoms with van der Waals surface area (Å²) in [7, 11) is 0. The van der Waals surface area contributed by atoms with Crippen molar-refractivity contribution < 1.29 is 9.15 Å². The Bertz CT molecular complexity index is 999. The minimum absolute atomic E-state index is 0.653. The lowest BCUT2D eigenvalue weighted by Crippen LogP contribution is -1.97. The monoisotopic (exact) mass is 385 g/mol. The lowest BCUT2D eigenvalue weighted by molar-refractivity contribution is 0.304. The van der Waals surface area contributed by atoms with Crippen LogP contribution in [0, 0.1) is 0 Å². The molecule has 0 radical (unpaired) electrons. The molecule has 0 saturated carbocycles. The summed E-state index contributed by atoms with van der Waals surface area (Å²) in [5.74, 6) is 1.59. The van der Waals surface area contributed by atoms with Crippen molar-refractivity contribution in [1.82, 2.24) is 4.98 Å². The number of hydrogen-bond acceptors (Lipinski definition) is 3. The SMILES string of the molecule is CCCCCCCOc1ccc(-c2ccc(-c3nc4ccccc4o3)cc2)cc1. The summed E-state index contributed by atoms with van der Waals surface area (Å²) < 4.78 is 11.7. The molecule has 0 saturated heterocycles. The molecule has 0 N–H and O–H groups in total. The number of benzene rings is 3. The molecule has 0 aliphatic carbocycles. The molecule has 0 amide bonds. The second-order valence-electron chi connectivity index (χ2n) is 7.35. The van der Waals surface area contributed by atoms with Crippen LogP contribution in [0.2, 0.25) is 0 Å². The topological polar surface area (TPSA) is 35.3 Å². The molecule has 0 fully saturated rings. The van der Waals surface area contributed by atoms with E-state index >= 15 is 0 Å². The second kappa shape index (κ2) is 9.42. The molecule has 0 bridgehead atoms. The Balaban J connectivity index is 1.37. The van der Waals surface area contributed by atoms with Crippen LogP contribution in [-0.4, -0.2) is 11.6 Å². The van der Waals surface area contributed by atoms with E-state index in [-0.39, 0.29) is 0 Å². The van der Waals surface area contributed by atoms with Gasteiger partial charge in [-0.1, -0.05) is 69.0 Å². The number of rotatable bonds is 9. The lowest BCUT2D eigenvalue weighted by Gasteiger charge is -2.08. The lowest BCUT2D eigenvalue weighted by atomic mass is 10.0. The Morgan fingerprint density at radius 2 is 1.38 bits per heavy atom. The van der Waals surface area contributed by atoms with Gasteiger partial charge >= 0.3 is 0 Å². The van der Waals surface area contributed by atoms with Crippen molar-refractivity contribution in [1.29, 1.82) is 0 Å². The fourth-order valence-corrected chi connectivity index (χ4v) is 3.44. The van der Waals surface area contributed by atoms with Gasteiger partial charge in [0.1, 0.15) is 11.3 Å². The molecule has 29 heavy (non-hydrogen) atoms. The van der Waals surface area contributed by atoms with Gasteiger partial charge in [-0.3, -0.25) is 0 Å². The van der Waals surface area contributed by atoms with Crippen molar-refractivity contribution in [3.63, 3.8) is 0 Å². The highest BCUT2D eigenvalue weighted by molar-refractivity contribution is 5.76. The number of ether oxygens (including phenoxy) is 1. The van der Waals surface area contributed by atoms with E-state index < -0.39 is 0 Å². The Morgan fingerprint density at radius 1 is 0.724 bits per heavy atom. The largest absolute Gasteiger partial charge is 0.494 e. The van der Waals surface area contributed by atoms with Crippen LogP contribution in [0.1, 0.15) is 39.0 Å². The summed E-state index contributed by atoms with van der Waals surface area (Å²) in [6.45, 7) is 3.03. The van der Waals surface area contributed by atoms with Crippen LogP contribution in [0.5, 0.6) is 5.75 Å². The van der Waals surface area contributed by atoms with Crippen molar-refractivity contribution in [3.05, 3.63) is 72.8 Å². The fourth-order valence-electron chi connectivity index (χ4n) is 3.44. The van der Waals surface area contributed by atoms with Gasteiger partial charge in [0, 0.05) is 5.56 Å². The molecular formula is C26H27NO2. The molecular weight excluding hydrogens is 358 g/mol. The van der Waals surface area contributed by atoms with Crippen LogP contribution >= 0.6 is 0 Å². The summed E-state index contributed by atoms with van der Waals surface area (Å²) in [4.78, 5) is 4.57. The molecule has 3 nitrogen and oxygen atoms in total. The first-order valence-corrected chi connectivity index (χ1v) is 10.5. The van der Waals surface area contributed by atoms with Crippen LogP contribution in [0.15, 0.2) is 77.2 Å². The standard InChI is InChI=1S/C26H27NO2/c1-2-3-4-5-8-19-28-23-17-15-21(16-18-23)20-11-13-22(14-12-20)26-27-24-9-6-7-10-25(24)29-26/h6-7,9-18H,2-5,8,19H2,1H3. The molecule has 0 unspecified atom stereocenters. The first-order chi connectivity index (χ1) is 14.3. The fraction of sp³-hybridized carbons (Fsp3) is 0.269. The molecule has 1 heterocycles. The van der Waals surface area contributed by atoms with Gasteiger partial charge in [0.15, 0.2) is 5.58 Å². The molecule has 3 aromatic carbocycles. The van der Waals surface area contributed by atoms with Gasteiger partial charge in [0.2, 0.25) is 5.89 Å². The third-order valence-corrected chi connectivity index (χ3v) is 5.13. The molecule has 148 valence electrons. The van der Waals surface area contributed by atoms with Crippen molar-refractivity contribution in [2.75, 3.05) is 6.61 Å². The smallest absolute Gasteiger partial charge is 0.227 e. The van der Waals surface area contributed by atoms with Gasteiger partial charge in [-0.15, -0.1) is 0 Å². The third-order valence-electron chi connectivity index (χ3n) is 5.13. The Hall–Kier alpha value is -3.07. The summed E-state index contributed by atoms with van der Waals surface area (Å²) in [6.07, 6.45) is 6.27. The maximum Gasteiger partial charge on any atom is 0.227 e. The zero-order valence-corrected chi connectivity index (χ0v) is 16.9. The van der Waals surface area contributed by atoms with E-state index in [1.807, 2.05) is 24.3 Å². The number of aromatic nitrogens is 1. The maximum absolute atomic E-state index is 5.86. The van der Waals surface area contributed by atoms with E-state index in [2.05, 4.69) is 60.4 Å². The second-order valence-corrected chi connectivity index (χ2v) is 7.35. The highest BCUT2D eigenvalue weighted by atomic mass is 16.5. The number of oxazole rings is 1. The predicted octanol–water partition coefficient (Wildman–Crippen LogP) is 7.51. The molecule has 4 aromatic rings. The van der Waals surface area contributed by atoms with Crippen molar-refractivity contribution >= 4 is 11.1 Å². The molecule has 0 spiro atoms. The summed E-state index contributed by atoms with van der Waals surface area (Å²) in [5.41, 5.74) is 5.01. The highest BCUT2D eigenvalue weighted by Crippen LogP contribution is 2.28. The van der Waals surface area contributed by atoms with E-state index in [1.54, 1.807) is 0 Å². The molecule has 3 heteroatoms. The van der Waals surface area contributed by atoms with Crippen LogP contribution < -0.4 is 4.74 Å². The van der Waals surface area contributed by atoms with Crippen LogP contribution in [0.3, 0.4) is 0 Å². The summed E-state index contributed by atoms with van der Waals surface area (Å²) in [6, 6.07) is 24.5. The minimum Gasteiger partial charge on any atom is -0.494 e. The minimum atomic E-state index is 0.653. The van der Waals surface area contributed by atoms with E-state index in [4.69, 9.17) is 9.15 Å². The molecule has 0 aliphatic rings. The predicted molar refractivity (Wildman–Crippen MR) is 119 cm³/mol.